The Balaban J connectivity index is 1.85. The summed E-state index contributed by atoms with van der Waals surface area (Å²) in [6.45, 7) is 3.95. The second kappa shape index (κ2) is 9.56. The third kappa shape index (κ3) is 5.68. The maximum atomic E-state index is 13.0. The van der Waals surface area contributed by atoms with Crippen LogP contribution in [0.1, 0.15) is 29.8 Å². The van der Waals surface area contributed by atoms with E-state index in [0.29, 0.717) is 6.54 Å². The van der Waals surface area contributed by atoms with Gasteiger partial charge in [-0.1, -0.05) is 54.6 Å². The molecular weight excluding hydrogens is 398 g/mol. The summed E-state index contributed by atoms with van der Waals surface area (Å²) in [7, 11) is -3.69. The highest BCUT2D eigenvalue weighted by atomic mass is 32.2. The van der Waals surface area contributed by atoms with Crippen molar-refractivity contribution in [1.82, 2.24) is 10.1 Å². The average molecular weight is 424 g/mol. The van der Waals surface area contributed by atoms with Crippen molar-refractivity contribution < 1.29 is 13.2 Å². The van der Waals surface area contributed by atoms with Crippen molar-refractivity contribution in [3.8, 4) is 0 Å². The molecule has 0 atom stereocenters. The predicted molar refractivity (Wildman–Crippen MR) is 118 cm³/mol. The summed E-state index contributed by atoms with van der Waals surface area (Å²) in [5.74, 6) is -0.392. The van der Waals surface area contributed by atoms with Crippen LogP contribution in [0.5, 0.6) is 0 Å². The van der Waals surface area contributed by atoms with E-state index in [2.05, 4.69) is 10.1 Å². The fraction of sp³-hybridized carbons (Fsp3) is 0.174. The summed E-state index contributed by atoms with van der Waals surface area (Å²) in [4.78, 5) is 13.0. The molecule has 0 radical (unpaired) electrons. The molecule has 2 N–H and O–H groups in total. The molecule has 0 aliphatic rings. The van der Waals surface area contributed by atoms with Gasteiger partial charge < -0.3 is 0 Å². The van der Waals surface area contributed by atoms with Gasteiger partial charge >= 0.3 is 0 Å². The molecule has 3 rings (SSSR count). The van der Waals surface area contributed by atoms with Crippen LogP contribution < -0.4 is 15.2 Å². The van der Waals surface area contributed by atoms with Gasteiger partial charge in [-0.3, -0.25) is 15.2 Å². The van der Waals surface area contributed by atoms with E-state index in [0.717, 1.165) is 11.3 Å². The first-order valence-corrected chi connectivity index (χ1v) is 11.1. The van der Waals surface area contributed by atoms with Crippen LogP contribution in [-0.4, -0.2) is 20.4 Å². The summed E-state index contributed by atoms with van der Waals surface area (Å²) in [5.41, 5.74) is 5.00. The van der Waals surface area contributed by atoms with Crippen LogP contribution in [-0.2, 0) is 16.6 Å². The second-order valence-electron chi connectivity index (χ2n) is 7.15. The summed E-state index contributed by atoms with van der Waals surface area (Å²) >= 11 is 0. The van der Waals surface area contributed by atoms with E-state index in [4.69, 9.17) is 0 Å². The summed E-state index contributed by atoms with van der Waals surface area (Å²) in [5, 5.41) is 1.74. The smallest absolute Gasteiger partial charge is 0.269 e. The van der Waals surface area contributed by atoms with E-state index >= 15 is 0 Å². The van der Waals surface area contributed by atoms with Crippen LogP contribution in [0.3, 0.4) is 0 Å². The molecule has 0 unspecified atom stereocenters. The molecule has 0 saturated carbocycles. The number of rotatable bonds is 8. The van der Waals surface area contributed by atoms with Crippen LogP contribution in [0.25, 0.3) is 0 Å². The highest BCUT2D eigenvalue weighted by Gasteiger charge is 2.18. The van der Waals surface area contributed by atoms with Crippen molar-refractivity contribution in [2.45, 2.75) is 31.3 Å². The molecule has 0 bridgehead atoms. The Kier molecular flexibility index (Phi) is 6.87. The normalized spacial score (nSPS) is 11.3. The zero-order chi connectivity index (χ0) is 21.6. The lowest BCUT2D eigenvalue weighted by atomic mass is 10.2. The van der Waals surface area contributed by atoms with Gasteiger partial charge in [0.2, 0.25) is 10.0 Å². The fourth-order valence-corrected chi connectivity index (χ4v) is 4.24. The minimum Gasteiger partial charge on any atom is -0.281 e. The molecule has 3 aromatic rings. The first kappa shape index (κ1) is 21.5. The van der Waals surface area contributed by atoms with E-state index in [1.807, 2.05) is 60.7 Å². The molecule has 30 heavy (non-hydrogen) atoms. The van der Waals surface area contributed by atoms with Gasteiger partial charge in [0.15, 0.2) is 0 Å². The number of carbonyl (C=O) groups excluding carboxylic acids is 1. The fourth-order valence-electron chi connectivity index (χ4n) is 2.94. The molecule has 3 aromatic carbocycles. The van der Waals surface area contributed by atoms with Crippen molar-refractivity contribution in [1.29, 1.82) is 0 Å². The third-order valence-electron chi connectivity index (χ3n) is 4.29. The number of nitrogens with one attached hydrogen (secondary N) is 2. The summed E-state index contributed by atoms with van der Waals surface area (Å²) in [6.07, 6.45) is 0. The van der Waals surface area contributed by atoms with Gasteiger partial charge in [0, 0.05) is 11.6 Å². The van der Waals surface area contributed by atoms with Crippen molar-refractivity contribution >= 4 is 21.6 Å². The van der Waals surface area contributed by atoms with Crippen molar-refractivity contribution in [2.75, 3.05) is 5.01 Å². The molecule has 7 heteroatoms. The highest BCUT2D eigenvalue weighted by Crippen LogP contribution is 2.17. The maximum absolute atomic E-state index is 13.0. The van der Waals surface area contributed by atoms with Gasteiger partial charge in [-0.2, -0.15) is 0 Å². The SMILES string of the molecule is CC(C)NS(=O)(=O)c1cccc(C(=O)NN(Cc2ccccc2)c2ccccc2)c1. The van der Waals surface area contributed by atoms with Crippen molar-refractivity contribution in [3.63, 3.8) is 0 Å². The molecule has 0 spiro atoms. The van der Waals surface area contributed by atoms with Crippen LogP contribution in [0.4, 0.5) is 5.69 Å². The predicted octanol–water partition coefficient (Wildman–Crippen LogP) is 3.72. The third-order valence-corrected chi connectivity index (χ3v) is 5.94. The lowest BCUT2D eigenvalue weighted by molar-refractivity contribution is 0.0948. The number of sulfonamides is 1. The van der Waals surface area contributed by atoms with E-state index in [1.165, 1.54) is 12.1 Å². The topological polar surface area (TPSA) is 78.5 Å². The number of para-hydroxylation sites is 1. The van der Waals surface area contributed by atoms with Gasteiger partial charge in [-0.05, 0) is 49.7 Å². The quantitative estimate of drug-likeness (QED) is 0.541. The van der Waals surface area contributed by atoms with Gasteiger partial charge in [-0.25, -0.2) is 13.1 Å². The second-order valence-corrected chi connectivity index (χ2v) is 8.87. The van der Waals surface area contributed by atoms with E-state index in [1.54, 1.807) is 31.0 Å². The Hall–Kier alpha value is -3.16. The van der Waals surface area contributed by atoms with Crippen molar-refractivity contribution in [3.05, 3.63) is 96.1 Å². The van der Waals surface area contributed by atoms with Crippen LogP contribution in [0.2, 0.25) is 0 Å². The molecule has 0 fully saturated rings. The number of anilines is 1. The maximum Gasteiger partial charge on any atom is 0.269 e. The summed E-state index contributed by atoms with van der Waals surface area (Å²) < 4.78 is 27.4. The standard InChI is InChI=1S/C23H25N3O3S/c1-18(2)25-30(28,29)22-15-9-12-20(16-22)23(27)24-26(21-13-7-4-8-14-21)17-19-10-5-3-6-11-19/h3-16,18,25H,17H2,1-2H3,(H,24,27). The molecular formula is C23H25N3O3S. The Morgan fingerprint density at radius 3 is 2.17 bits per heavy atom. The van der Waals surface area contributed by atoms with Crippen LogP contribution in [0, 0.1) is 0 Å². The number of amides is 1. The summed E-state index contributed by atoms with van der Waals surface area (Å²) in [6, 6.07) is 25.0. The first-order valence-electron chi connectivity index (χ1n) is 9.65. The van der Waals surface area contributed by atoms with E-state index in [9.17, 15) is 13.2 Å². The largest absolute Gasteiger partial charge is 0.281 e. The average Bonchev–Trinajstić information content (AvgIpc) is 2.74. The van der Waals surface area contributed by atoms with Crippen molar-refractivity contribution in [2.24, 2.45) is 0 Å². The minimum absolute atomic E-state index is 0.0539. The lowest BCUT2D eigenvalue weighted by Crippen LogP contribution is -2.42. The van der Waals surface area contributed by atoms with Crippen LogP contribution >= 0.6 is 0 Å². The molecule has 0 aliphatic heterocycles. The zero-order valence-electron chi connectivity index (χ0n) is 16.9. The molecule has 0 aromatic heterocycles. The van der Waals surface area contributed by atoms with Gasteiger partial charge in [0.25, 0.3) is 5.91 Å². The number of hydrogen-bond acceptors (Lipinski definition) is 4. The number of benzene rings is 3. The molecule has 0 aliphatic carbocycles. The number of nitrogens with zero attached hydrogens (tertiary/aromatic N) is 1. The number of hydrazine groups is 1. The molecule has 0 heterocycles. The van der Waals surface area contributed by atoms with Gasteiger partial charge in [-0.15, -0.1) is 0 Å². The Bertz CT molecular complexity index is 1080. The highest BCUT2D eigenvalue weighted by molar-refractivity contribution is 7.89. The molecule has 1 amide bonds. The van der Waals surface area contributed by atoms with Gasteiger partial charge in [0.05, 0.1) is 17.1 Å². The number of hydrogen-bond donors (Lipinski definition) is 2. The Morgan fingerprint density at radius 2 is 1.53 bits per heavy atom. The van der Waals surface area contributed by atoms with E-state index < -0.39 is 15.9 Å². The van der Waals surface area contributed by atoms with Gasteiger partial charge in [0.1, 0.15) is 0 Å². The Labute approximate surface area is 177 Å². The molecule has 6 nitrogen and oxygen atoms in total. The molecule has 156 valence electrons. The first-order chi connectivity index (χ1) is 14.3. The Morgan fingerprint density at radius 1 is 0.900 bits per heavy atom. The minimum atomic E-state index is -3.69. The monoisotopic (exact) mass is 423 g/mol. The number of carbonyl (C=O) groups is 1. The zero-order valence-corrected chi connectivity index (χ0v) is 17.8. The lowest BCUT2D eigenvalue weighted by Gasteiger charge is -2.25. The van der Waals surface area contributed by atoms with E-state index in [-0.39, 0.29) is 16.5 Å². The van der Waals surface area contributed by atoms with Crippen LogP contribution in [0.15, 0.2) is 89.8 Å². The molecule has 0 saturated heterocycles.